The molecule has 0 aromatic carbocycles. The minimum Gasteiger partial charge on any atom is -0.439 e. The molecule has 34 heavy (non-hydrogen) atoms. The molecule has 0 unspecified atom stereocenters. The Morgan fingerprint density at radius 2 is 2.06 bits per heavy atom. The number of cyclic esters (lactones) is 1. The molecule has 2 saturated heterocycles. The molecule has 2 aliphatic heterocycles. The van der Waals surface area contributed by atoms with Gasteiger partial charge >= 0.3 is 5.97 Å². The lowest BCUT2D eigenvalue weighted by molar-refractivity contribution is -0.235. The Hall–Kier alpha value is -2.43. The van der Waals surface area contributed by atoms with Crippen molar-refractivity contribution >= 4 is 46.9 Å². The number of halogens is 2. The number of nitrogens with zero attached hydrogens (tertiary/aromatic N) is 3. The molecular formula is C22H28Cl2N4O6. The summed E-state index contributed by atoms with van der Waals surface area (Å²) in [6.45, 7) is 5.85. The van der Waals surface area contributed by atoms with Gasteiger partial charge in [0.05, 0.1) is 23.6 Å². The molecule has 0 radical (unpaired) electrons. The molecule has 3 atom stereocenters. The van der Waals surface area contributed by atoms with E-state index in [2.05, 4.69) is 10.3 Å². The number of hydrogen-bond acceptors (Lipinski definition) is 7. The van der Waals surface area contributed by atoms with Crippen LogP contribution in [0.1, 0.15) is 56.8 Å². The van der Waals surface area contributed by atoms with Crippen molar-refractivity contribution in [3.8, 4) is 0 Å². The number of amides is 3. The van der Waals surface area contributed by atoms with E-state index in [0.29, 0.717) is 25.8 Å². The summed E-state index contributed by atoms with van der Waals surface area (Å²) in [6.07, 6.45) is 2.08. The van der Waals surface area contributed by atoms with Crippen LogP contribution in [-0.4, -0.2) is 70.1 Å². The molecule has 2 fully saturated rings. The molecule has 0 spiro atoms. The van der Waals surface area contributed by atoms with Crippen molar-refractivity contribution in [1.82, 2.24) is 20.3 Å². The van der Waals surface area contributed by atoms with E-state index in [-0.39, 0.29) is 34.7 Å². The molecule has 1 N–H and O–H groups in total. The van der Waals surface area contributed by atoms with Gasteiger partial charge in [0.25, 0.3) is 11.8 Å². The molecule has 0 bridgehead atoms. The summed E-state index contributed by atoms with van der Waals surface area (Å²) in [5.74, 6) is -2.10. The summed E-state index contributed by atoms with van der Waals surface area (Å²) >= 11 is 12.0. The monoisotopic (exact) mass is 514 g/mol. The third kappa shape index (κ3) is 5.61. The summed E-state index contributed by atoms with van der Waals surface area (Å²) in [6, 6.07) is -0.291. The maximum absolute atomic E-state index is 13.5. The zero-order valence-electron chi connectivity index (χ0n) is 19.3. The number of aromatic nitrogens is 1. The molecule has 0 saturated carbocycles. The number of esters is 1. The van der Waals surface area contributed by atoms with Gasteiger partial charge in [-0.3, -0.25) is 24.0 Å². The lowest BCUT2D eigenvalue weighted by Crippen LogP contribution is -2.56. The first-order valence-corrected chi connectivity index (χ1v) is 12.0. The number of nitrogens with one attached hydrogen (secondary N) is 1. The van der Waals surface area contributed by atoms with Crippen LogP contribution < -0.4 is 5.32 Å². The van der Waals surface area contributed by atoms with E-state index in [9.17, 15) is 19.2 Å². The number of carbonyl (C=O) groups excluding carboxylic acids is 4. The second-order valence-electron chi connectivity index (χ2n) is 8.41. The van der Waals surface area contributed by atoms with Crippen LogP contribution in [0.15, 0.2) is 12.3 Å². The zero-order chi connectivity index (χ0) is 25.0. The van der Waals surface area contributed by atoms with Gasteiger partial charge in [0, 0.05) is 19.2 Å². The minimum absolute atomic E-state index is 0.00989. The number of likely N-dealkylation sites (tertiary alicyclic amines) is 1. The summed E-state index contributed by atoms with van der Waals surface area (Å²) in [4.78, 5) is 62.1. The van der Waals surface area contributed by atoms with Gasteiger partial charge in [0.2, 0.25) is 12.1 Å². The van der Waals surface area contributed by atoms with Crippen molar-refractivity contribution in [3.05, 3.63) is 28.0 Å². The summed E-state index contributed by atoms with van der Waals surface area (Å²) < 4.78 is 5.21. The van der Waals surface area contributed by atoms with Crippen molar-refractivity contribution in [3.63, 3.8) is 0 Å². The first kappa shape index (κ1) is 26.2. The third-order valence-corrected chi connectivity index (χ3v) is 6.51. The number of ether oxygens (including phenoxy) is 1. The van der Waals surface area contributed by atoms with Crippen molar-refractivity contribution < 1.29 is 28.8 Å². The molecule has 186 valence electrons. The molecule has 1 aromatic rings. The second-order valence-corrected chi connectivity index (χ2v) is 9.15. The lowest BCUT2D eigenvalue weighted by atomic mass is 10.0. The number of carbonyl (C=O) groups is 4. The summed E-state index contributed by atoms with van der Waals surface area (Å²) in [7, 11) is 0. The highest BCUT2D eigenvalue weighted by Crippen LogP contribution is 2.27. The molecule has 3 heterocycles. The molecule has 0 aliphatic carbocycles. The summed E-state index contributed by atoms with van der Waals surface area (Å²) in [5.41, 5.74) is 0.0970. The first-order valence-electron chi connectivity index (χ1n) is 11.2. The smallest absolute Gasteiger partial charge is 0.308 e. The van der Waals surface area contributed by atoms with E-state index >= 15 is 0 Å². The number of hydrogen-bond donors (Lipinski definition) is 1. The lowest BCUT2D eigenvalue weighted by Gasteiger charge is -2.34. The Kier molecular flexibility index (Phi) is 8.72. The molecule has 3 amide bonds. The average Bonchev–Trinajstić information content (AvgIpc) is 3.45. The van der Waals surface area contributed by atoms with Crippen LogP contribution in [0.2, 0.25) is 10.2 Å². The highest BCUT2D eigenvalue weighted by Gasteiger charge is 2.44. The van der Waals surface area contributed by atoms with Crippen molar-refractivity contribution in [2.24, 2.45) is 5.92 Å². The van der Waals surface area contributed by atoms with E-state index in [1.54, 1.807) is 20.8 Å². The molecule has 3 rings (SSSR count). The SMILES string of the molecule is CCON(C(=O)[C@@H]1CCCN1C(=O)[C@@H](NC(=O)c1ccnc(Cl)c1Cl)C(C)C)[C@H]1CCC(=O)O1. The topological polar surface area (TPSA) is 118 Å². The third-order valence-electron chi connectivity index (χ3n) is 5.74. The van der Waals surface area contributed by atoms with Crippen molar-refractivity contribution in [1.29, 1.82) is 0 Å². The zero-order valence-corrected chi connectivity index (χ0v) is 20.8. The van der Waals surface area contributed by atoms with Crippen LogP contribution in [0.5, 0.6) is 0 Å². The average molecular weight is 515 g/mol. The standard InChI is InChI=1S/C22H28Cl2N4O6/c1-4-33-28(15-7-8-16(29)34-15)21(31)14-6-5-11-27(14)22(32)18(12(2)3)26-20(30)13-9-10-25-19(24)17(13)23/h9-10,12,14-15,18H,4-8,11H2,1-3H3,(H,26,30)/t14-,15+,18-/m0/s1. The van der Waals surface area contributed by atoms with E-state index in [0.717, 1.165) is 5.06 Å². The Morgan fingerprint density at radius 1 is 1.32 bits per heavy atom. The fourth-order valence-electron chi connectivity index (χ4n) is 4.04. The van der Waals surface area contributed by atoms with Crippen LogP contribution in [0.4, 0.5) is 0 Å². The van der Waals surface area contributed by atoms with Crippen LogP contribution in [0.3, 0.4) is 0 Å². The van der Waals surface area contributed by atoms with Gasteiger partial charge in [-0.2, -0.15) is 5.06 Å². The summed E-state index contributed by atoms with van der Waals surface area (Å²) in [5, 5.41) is 3.77. The molecule has 10 nitrogen and oxygen atoms in total. The van der Waals surface area contributed by atoms with Gasteiger partial charge in [-0.15, -0.1) is 0 Å². The molecule has 12 heteroatoms. The molecule has 2 aliphatic rings. The predicted molar refractivity (Wildman–Crippen MR) is 123 cm³/mol. The van der Waals surface area contributed by atoms with Crippen LogP contribution in [0.25, 0.3) is 0 Å². The van der Waals surface area contributed by atoms with Gasteiger partial charge in [0.15, 0.2) is 0 Å². The first-order chi connectivity index (χ1) is 16.1. The van der Waals surface area contributed by atoms with E-state index in [4.69, 9.17) is 32.8 Å². The van der Waals surface area contributed by atoms with Gasteiger partial charge < -0.3 is 15.0 Å². The number of pyridine rings is 1. The van der Waals surface area contributed by atoms with E-state index < -0.39 is 42.0 Å². The quantitative estimate of drug-likeness (QED) is 0.321. The highest BCUT2D eigenvalue weighted by molar-refractivity contribution is 6.43. The van der Waals surface area contributed by atoms with Crippen LogP contribution in [0, 0.1) is 5.92 Å². The highest BCUT2D eigenvalue weighted by atomic mass is 35.5. The second kappa shape index (κ2) is 11.3. The molecular weight excluding hydrogens is 487 g/mol. The minimum atomic E-state index is -0.909. The van der Waals surface area contributed by atoms with Gasteiger partial charge in [-0.25, -0.2) is 4.98 Å². The van der Waals surface area contributed by atoms with Crippen molar-refractivity contribution in [2.45, 2.75) is 64.8 Å². The predicted octanol–water partition coefficient (Wildman–Crippen LogP) is 2.58. The van der Waals surface area contributed by atoms with E-state index in [1.807, 2.05) is 0 Å². The maximum Gasteiger partial charge on any atom is 0.308 e. The number of hydroxylamine groups is 2. The fraction of sp³-hybridized carbons (Fsp3) is 0.591. The van der Waals surface area contributed by atoms with Gasteiger partial charge in [-0.1, -0.05) is 37.0 Å². The largest absolute Gasteiger partial charge is 0.439 e. The van der Waals surface area contributed by atoms with Crippen LogP contribution >= 0.6 is 23.2 Å². The maximum atomic E-state index is 13.5. The normalized spacial score (nSPS) is 20.9. The van der Waals surface area contributed by atoms with Crippen LogP contribution in [-0.2, 0) is 24.0 Å². The Morgan fingerprint density at radius 3 is 2.68 bits per heavy atom. The molecule has 1 aromatic heterocycles. The Labute approximate surface area is 207 Å². The Bertz CT molecular complexity index is 959. The van der Waals surface area contributed by atoms with E-state index in [1.165, 1.54) is 17.2 Å². The number of rotatable bonds is 8. The fourth-order valence-corrected chi connectivity index (χ4v) is 4.40. The van der Waals surface area contributed by atoms with Gasteiger partial charge in [0.1, 0.15) is 17.2 Å². The van der Waals surface area contributed by atoms with Crippen molar-refractivity contribution in [2.75, 3.05) is 13.2 Å². The Balaban J connectivity index is 1.78. The van der Waals surface area contributed by atoms with Gasteiger partial charge in [-0.05, 0) is 31.7 Å².